The number of nitrogen functional groups attached to an aromatic ring is 1. The molecule has 0 atom stereocenters. The molecule has 4 N–H and O–H groups in total. The van der Waals surface area contributed by atoms with Gasteiger partial charge in [0.15, 0.2) is 0 Å². The average Bonchev–Trinajstić information content (AvgIpc) is 2.84. The number of hydrogen-bond donors (Lipinski definition) is 3. The van der Waals surface area contributed by atoms with Crippen molar-refractivity contribution < 1.29 is 4.92 Å². The zero-order valence-electron chi connectivity index (χ0n) is 17.9. The lowest BCUT2D eigenvalue weighted by Gasteiger charge is -2.05. The second-order valence-corrected chi connectivity index (χ2v) is 6.83. The summed E-state index contributed by atoms with van der Waals surface area (Å²) < 4.78 is 1.59. The Morgan fingerprint density at radius 3 is 1.68 bits per heavy atom. The van der Waals surface area contributed by atoms with Gasteiger partial charge in [0, 0.05) is 50.0 Å². The van der Waals surface area contributed by atoms with Crippen LogP contribution in [-0.4, -0.2) is 34.0 Å². The van der Waals surface area contributed by atoms with Crippen molar-refractivity contribution in [2.75, 3.05) is 5.73 Å². The smallest absolute Gasteiger partial charge is 0.358 e. The Hall–Kier alpha value is -5.14. The first-order valence-electron chi connectivity index (χ1n) is 9.50. The molecular weight excluding hydrogens is 448 g/mol. The summed E-state index contributed by atoms with van der Waals surface area (Å²) in [5.41, 5.74) is 3.58. The van der Waals surface area contributed by atoms with Crippen molar-refractivity contribution in [3.8, 4) is 22.5 Å². The normalized spacial score (nSPS) is 10.3. The van der Waals surface area contributed by atoms with E-state index in [-0.39, 0.29) is 11.4 Å². The molecule has 174 valence electrons. The van der Waals surface area contributed by atoms with Crippen LogP contribution in [0.1, 0.15) is 0 Å². The first-order chi connectivity index (χ1) is 16.1. The number of rotatable bonds is 3. The van der Waals surface area contributed by atoms with Crippen molar-refractivity contribution in [1.29, 1.82) is 0 Å². The first kappa shape index (κ1) is 23.5. The fraction of sp³-hybridized carbons (Fsp3) is 0.100. The molecule has 0 aliphatic heterocycles. The zero-order valence-corrected chi connectivity index (χ0v) is 17.9. The minimum atomic E-state index is -0.949. The summed E-state index contributed by atoms with van der Waals surface area (Å²) >= 11 is 0. The first-order valence-corrected chi connectivity index (χ1v) is 9.50. The molecule has 0 aliphatic carbocycles. The molecule has 14 heteroatoms. The van der Waals surface area contributed by atoms with Crippen molar-refractivity contribution in [2.45, 2.75) is 0 Å². The van der Waals surface area contributed by atoms with Gasteiger partial charge in [-0.05, 0) is 24.3 Å². The van der Waals surface area contributed by atoms with Crippen molar-refractivity contribution in [3.05, 3.63) is 101 Å². The number of hydrogen-bond acceptors (Lipinski definition) is 9. The number of nitrogens with one attached hydrogen (secondary N) is 2. The molecule has 34 heavy (non-hydrogen) atoms. The van der Waals surface area contributed by atoms with E-state index in [0.29, 0.717) is 21.4 Å². The summed E-state index contributed by atoms with van der Waals surface area (Å²) in [5, 5.41) is 10.9. The molecule has 0 unspecified atom stereocenters. The quantitative estimate of drug-likeness (QED) is 0.269. The lowest BCUT2D eigenvalue weighted by atomic mass is 10.1. The van der Waals surface area contributed by atoms with E-state index in [1.165, 1.54) is 38.6 Å². The third-order valence-electron chi connectivity index (χ3n) is 4.74. The molecular formula is C20H18N8O6. The molecule has 4 aromatic heterocycles. The number of aromatic nitrogens is 6. The van der Waals surface area contributed by atoms with Crippen LogP contribution in [0.3, 0.4) is 0 Å². The van der Waals surface area contributed by atoms with Gasteiger partial charge in [-0.2, -0.15) is 0 Å². The highest BCUT2D eigenvalue weighted by Gasteiger charge is 2.23. The van der Waals surface area contributed by atoms with Gasteiger partial charge in [-0.1, -0.05) is 0 Å². The van der Waals surface area contributed by atoms with Crippen molar-refractivity contribution >= 4 is 11.4 Å². The van der Waals surface area contributed by atoms with E-state index in [4.69, 9.17) is 5.73 Å². The minimum absolute atomic E-state index is 0.0216. The van der Waals surface area contributed by atoms with E-state index >= 15 is 0 Å². The Balaban J connectivity index is 0.000000192. The summed E-state index contributed by atoms with van der Waals surface area (Å²) in [6.07, 6.45) is 5.94. The molecule has 4 aromatic rings. The van der Waals surface area contributed by atoms with E-state index < -0.39 is 33.1 Å². The highest BCUT2D eigenvalue weighted by molar-refractivity contribution is 5.71. The number of aromatic amines is 2. The van der Waals surface area contributed by atoms with Crippen LogP contribution >= 0.6 is 0 Å². The van der Waals surface area contributed by atoms with Crippen LogP contribution in [0.25, 0.3) is 22.5 Å². The fourth-order valence-corrected chi connectivity index (χ4v) is 2.89. The molecule has 4 rings (SSSR count). The van der Waals surface area contributed by atoms with Gasteiger partial charge in [0.1, 0.15) is 11.4 Å². The Labute approximate surface area is 189 Å². The van der Waals surface area contributed by atoms with Gasteiger partial charge in [-0.25, -0.2) is 9.59 Å². The van der Waals surface area contributed by atoms with E-state index in [0.717, 1.165) is 4.57 Å². The van der Waals surface area contributed by atoms with Crippen molar-refractivity contribution in [1.82, 2.24) is 29.1 Å². The van der Waals surface area contributed by atoms with Gasteiger partial charge in [0.2, 0.25) is 0 Å². The molecule has 0 amide bonds. The minimum Gasteiger partial charge on any atom is -0.393 e. The number of nitrogens with zero attached hydrogens (tertiary/aromatic N) is 5. The Morgan fingerprint density at radius 2 is 1.21 bits per heavy atom. The topological polar surface area (TPSA) is 205 Å². The summed E-state index contributed by atoms with van der Waals surface area (Å²) in [4.78, 5) is 68.8. The molecule has 0 bridgehead atoms. The maximum atomic E-state index is 11.7. The zero-order chi connectivity index (χ0) is 25.0. The summed E-state index contributed by atoms with van der Waals surface area (Å²) in [5.74, 6) is 0. The fourth-order valence-electron chi connectivity index (χ4n) is 2.89. The van der Waals surface area contributed by atoms with Crippen LogP contribution in [0.2, 0.25) is 0 Å². The van der Waals surface area contributed by atoms with Crippen LogP contribution in [0.15, 0.2) is 68.2 Å². The van der Waals surface area contributed by atoms with Gasteiger partial charge in [0.25, 0.3) is 5.56 Å². The van der Waals surface area contributed by atoms with Gasteiger partial charge in [-0.3, -0.25) is 38.8 Å². The molecule has 14 nitrogen and oxygen atoms in total. The number of anilines is 1. The number of nitrogens with two attached hydrogens (primary N) is 1. The second kappa shape index (κ2) is 9.56. The highest BCUT2D eigenvalue weighted by atomic mass is 16.6. The summed E-state index contributed by atoms with van der Waals surface area (Å²) in [6, 6.07) is 6.28. The predicted octanol–water partition coefficient (Wildman–Crippen LogP) is -0.238. The van der Waals surface area contributed by atoms with Crippen LogP contribution < -0.4 is 28.2 Å². The van der Waals surface area contributed by atoms with Gasteiger partial charge in [-0.15, -0.1) is 0 Å². The predicted molar refractivity (Wildman–Crippen MR) is 122 cm³/mol. The van der Waals surface area contributed by atoms with Crippen LogP contribution in [0, 0.1) is 10.1 Å². The molecule has 4 heterocycles. The number of nitro groups is 1. The third kappa shape index (κ3) is 4.55. The van der Waals surface area contributed by atoms with E-state index in [1.807, 2.05) is 0 Å². The van der Waals surface area contributed by atoms with Gasteiger partial charge in [0.05, 0.1) is 10.6 Å². The van der Waals surface area contributed by atoms with Crippen molar-refractivity contribution in [3.63, 3.8) is 0 Å². The molecule has 0 aromatic carbocycles. The Kier molecular flexibility index (Phi) is 6.61. The lowest BCUT2D eigenvalue weighted by molar-refractivity contribution is -0.386. The molecule has 0 aliphatic rings. The Morgan fingerprint density at radius 1 is 0.794 bits per heavy atom. The second-order valence-electron chi connectivity index (χ2n) is 6.83. The Bertz CT molecular complexity index is 1590. The maximum absolute atomic E-state index is 11.7. The third-order valence-corrected chi connectivity index (χ3v) is 4.74. The lowest BCUT2D eigenvalue weighted by Crippen LogP contribution is -2.34. The SMILES string of the molecule is Cn1c(=O)[nH]c(-c2ccncc2)c(N)c1=O.Cn1c(=O)[nH]c(-c2ccncc2)c([N+](=O)[O-])c1=O. The molecule has 0 spiro atoms. The number of pyridine rings is 2. The largest absolute Gasteiger partial charge is 0.393 e. The summed E-state index contributed by atoms with van der Waals surface area (Å²) in [7, 11) is 2.54. The average molecular weight is 466 g/mol. The highest BCUT2D eigenvalue weighted by Crippen LogP contribution is 2.22. The van der Waals surface area contributed by atoms with Crippen LogP contribution in [0.5, 0.6) is 0 Å². The number of H-pyrrole nitrogens is 2. The molecule has 0 radical (unpaired) electrons. The van der Waals surface area contributed by atoms with Gasteiger partial charge < -0.3 is 15.7 Å². The van der Waals surface area contributed by atoms with E-state index in [1.54, 1.807) is 24.5 Å². The van der Waals surface area contributed by atoms with Crippen LogP contribution in [0.4, 0.5) is 11.4 Å². The molecule has 0 saturated carbocycles. The van der Waals surface area contributed by atoms with E-state index in [9.17, 15) is 29.3 Å². The summed E-state index contributed by atoms with van der Waals surface area (Å²) in [6.45, 7) is 0. The molecule has 0 saturated heterocycles. The van der Waals surface area contributed by atoms with E-state index in [2.05, 4.69) is 19.9 Å². The standard InChI is InChI=1S/C10H8N4O4.C10H10N4O2/c1-13-9(15)8(14(17)18)7(12-10(13)16)6-2-4-11-5-3-6;1-14-9(15)7(11)8(13-10(14)16)6-2-4-12-5-3-6/h2-5H,1H3,(H,12,16);2-5H,11H2,1H3,(H,13,16). The monoisotopic (exact) mass is 466 g/mol. The maximum Gasteiger partial charge on any atom is 0.358 e. The van der Waals surface area contributed by atoms with Gasteiger partial charge >= 0.3 is 22.6 Å². The van der Waals surface area contributed by atoms with Crippen LogP contribution in [-0.2, 0) is 14.1 Å². The molecule has 0 fully saturated rings. The van der Waals surface area contributed by atoms with Crippen molar-refractivity contribution in [2.24, 2.45) is 14.1 Å².